The van der Waals surface area contributed by atoms with Crippen molar-refractivity contribution in [1.82, 2.24) is 0 Å². The third kappa shape index (κ3) is 5.35. The van der Waals surface area contributed by atoms with E-state index in [0.717, 1.165) is 6.42 Å². The molecule has 0 aliphatic carbocycles. The van der Waals surface area contributed by atoms with Gasteiger partial charge in [0.1, 0.15) is 0 Å². The summed E-state index contributed by atoms with van der Waals surface area (Å²) in [5, 5.41) is 0. The van der Waals surface area contributed by atoms with E-state index in [1.165, 1.54) is 6.42 Å². The van der Waals surface area contributed by atoms with Crippen LogP contribution in [0.5, 0.6) is 0 Å². The van der Waals surface area contributed by atoms with Crippen LogP contribution in [0.2, 0.25) is 0 Å². The van der Waals surface area contributed by atoms with Gasteiger partial charge in [-0.2, -0.15) is 0 Å². The molecule has 1 radical (unpaired) electrons. The van der Waals surface area contributed by atoms with Crippen LogP contribution >= 0.6 is 0 Å². The molecule has 0 aromatic heterocycles. The van der Waals surface area contributed by atoms with Gasteiger partial charge in [0.05, 0.1) is 0 Å². The molecule has 0 aromatic rings. The molecular formula is C9H15. The second-order valence-corrected chi connectivity index (χ2v) is 2.32. The van der Waals surface area contributed by atoms with Crippen molar-refractivity contribution < 1.29 is 0 Å². The van der Waals surface area contributed by atoms with E-state index in [2.05, 4.69) is 19.1 Å². The molecule has 0 bridgehead atoms. The van der Waals surface area contributed by atoms with Gasteiger partial charge in [-0.3, -0.25) is 0 Å². The van der Waals surface area contributed by atoms with E-state index >= 15 is 0 Å². The van der Waals surface area contributed by atoms with E-state index in [1.54, 1.807) is 6.08 Å². The Kier molecular flexibility index (Phi) is 5.29. The first kappa shape index (κ1) is 8.48. The molecule has 0 saturated heterocycles. The Bertz CT molecular complexity index is 90.2. The minimum absolute atomic E-state index is 0.676. The summed E-state index contributed by atoms with van der Waals surface area (Å²) in [6.07, 6.45) is 8.19. The summed E-state index contributed by atoms with van der Waals surface area (Å²) in [4.78, 5) is 0. The number of hydrogen-bond acceptors (Lipinski definition) is 0. The molecule has 0 N–H and O–H groups in total. The summed E-state index contributed by atoms with van der Waals surface area (Å²) in [5.74, 6) is 0.676. The van der Waals surface area contributed by atoms with Crippen molar-refractivity contribution in [2.75, 3.05) is 0 Å². The molecule has 0 spiro atoms. The second kappa shape index (κ2) is 5.61. The van der Waals surface area contributed by atoms with Crippen LogP contribution in [0, 0.1) is 12.5 Å². The van der Waals surface area contributed by atoms with E-state index in [0.29, 0.717) is 5.92 Å². The van der Waals surface area contributed by atoms with Crippen molar-refractivity contribution >= 4 is 0 Å². The van der Waals surface area contributed by atoms with E-state index in [1.807, 2.05) is 6.92 Å². The minimum atomic E-state index is 0.676. The van der Waals surface area contributed by atoms with Crippen molar-refractivity contribution in [2.24, 2.45) is 5.92 Å². The van der Waals surface area contributed by atoms with Gasteiger partial charge >= 0.3 is 0 Å². The highest BCUT2D eigenvalue weighted by Crippen LogP contribution is 2.06. The Morgan fingerprint density at radius 3 is 2.67 bits per heavy atom. The molecule has 0 heterocycles. The van der Waals surface area contributed by atoms with E-state index in [9.17, 15) is 0 Å². The topological polar surface area (TPSA) is 0 Å². The molecule has 0 saturated carbocycles. The lowest BCUT2D eigenvalue weighted by molar-refractivity contribution is 0.657. The van der Waals surface area contributed by atoms with Gasteiger partial charge in [-0.1, -0.05) is 31.7 Å². The van der Waals surface area contributed by atoms with E-state index < -0.39 is 0 Å². The van der Waals surface area contributed by atoms with Crippen molar-refractivity contribution in [1.29, 1.82) is 0 Å². The molecular weight excluding hydrogens is 108 g/mol. The van der Waals surface area contributed by atoms with Gasteiger partial charge in [-0.15, -0.1) is 0 Å². The van der Waals surface area contributed by atoms with Crippen LogP contribution in [0.3, 0.4) is 0 Å². The van der Waals surface area contributed by atoms with Crippen molar-refractivity contribution in [3.05, 3.63) is 24.8 Å². The molecule has 0 aromatic carbocycles. The van der Waals surface area contributed by atoms with Gasteiger partial charge in [0.15, 0.2) is 0 Å². The number of hydrogen-bond donors (Lipinski definition) is 0. The maximum atomic E-state index is 5.22. The zero-order chi connectivity index (χ0) is 7.11. The second-order valence-electron chi connectivity index (χ2n) is 2.32. The maximum Gasteiger partial charge on any atom is -0.0259 e. The first-order valence-corrected chi connectivity index (χ1v) is 3.47. The Morgan fingerprint density at radius 2 is 2.22 bits per heavy atom. The van der Waals surface area contributed by atoms with Gasteiger partial charge in [0, 0.05) is 0 Å². The van der Waals surface area contributed by atoms with Gasteiger partial charge < -0.3 is 0 Å². The first-order valence-electron chi connectivity index (χ1n) is 3.47. The lowest BCUT2D eigenvalue weighted by Crippen LogP contribution is -1.86. The highest BCUT2D eigenvalue weighted by Gasteiger charge is 1.91. The van der Waals surface area contributed by atoms with Crippen molar-refractivity contribution in [3.63, 3.8) is 0 Å². The predicted octanol–water partition coefficient (Wildman–Crippen LogP) is 2.97. The van der Waals surface area contributed by atoms with Gasteiger partial charge in [0.25, 0.3) is 0 Å². The fourth-order valence-electron chi connectivity index (χ4n) is 0.784. The molecule has 0 heteroatoms. The normalized spacial score (nSPS) is 14.0. The van der Waals surface area contributed by atoms with Crippen LogP contribution < -0.4 is 0 Å². The third-order valence-electron chi connectivity index (χ3n) is 1.31. The van der Waals surface area contributed by atoms with Crippen LogP contribution in [0.1, 0.15) is 26.7 Å². The third-order valence-corrected chi connectivity index (χ3v) is 1.31. The number of rotatable bonds is 4. The molecule has 0 amide bonds. The Labute approximate surface area is 58.3 Å². The summed E-state index contributed by atoms with van der Waals surface area (Å²) < 4.78 is 0. The fourth-order valence-corrected chi connectivity index (χ4v) is 0.784. The lowest BCUT2D eigenvalue weighted by Gasteiger charge is -2.00. The van der Waals surface area contributed by atoms with Crippen LogP contribution in [-0.4, -0.2) is 0 Å². The SMILES string of the molecule is [CH]=CCCC(C)C=CC. The average molecular weight is 123 g/mol. The molecule has 0 rings (SSSR count). The number of allylic oxidation sites excluding steroid dienone is 3. The zero-order valence-corrected chi connectivity index (χ0v) is 6.30. The quantitative estimate of drug-likeness (QED) is 0.504. The highest BCUT2D eigenvalue weighted by molar-refractivity contribution is 4.83. The Hall–Kier alpha value is -0.520. The zero-order valence-electron chi connectivity index (χ0n) is 6.30. The van der Waals surface area contributed by atoms with E-state index in [4.69, 9.17) is 6.58 Å². The van der Waals surface area contributed by atoms with Gasteiger partial charge in [-0.05, 0) is 25.7 Å². The molecule has 0 aliphatic rings. The van der Waals surface area contributed by atoms with Crippen LogP contribution in [0.25, 0.3) is 0 Å². The van der Waals surface area contributed by atoms with Crippen LogP contribution in [-0.2, 0) is 0 Å². The Balaban J connectivity index is 3.25. The van der Waals surface area contributed by atoms with Crippen LogP contribution in [0.15, 0.2) is 18.2 Å². The summed E-state index contributed by atoms with van der Waals surface area (Å²) in [6, 6.07) is 0. The smallest absolute Gasteiger partial charge is 0.0259 e. The highest BCUT2D eigenvalue weighted by atomic mass is 14.0. The largest absolute Gasteiger partial charge is 0.0914 e. The fraction of sp³-hybridized carbons (Fsp3) is 0.556. The molecule has 0 nitrogen and oxygen atoms in total. The molecule has 0 fully saturated rings. The van der Waals surface area contributed by atoms with E-state index in [-0.39, 0.29) is 0 Å². The minimum Gasteiger partial charge on any atom is -0.0914 e. The Morgan fingerprint density at radius 1 is 1.56 bits per heavy atom. The molecule has 9 heavy (non-hydrogen) atoms. The monoisotopic (exact) mass is 123 g/mol. The first-order chi connectivity index (χ1) is 4.31. The van der Waals surface area contributed by atoms with Crippen molar-refractivity contribution in [3.8, 4) is 0 Å². The lowest BCUT2D eigenvalue weighted by atomic mass is 10.1. The van der Waals surface area contributed by atoms with Gasteiger partial charge in [-0.25, -0.2) is 0 Å². The summed E-state index contributed by atoms with van der Waals surface area (Å²) in [6.45, 7) is 9.47. The molecule has 1 atom stereocenters. The summed E-state index contributed by atoms with van der Waals surface area (Å²) >= 11 is 0. The maximum absolute atomic E-state index is 5.22. The van der Waals surface area contributed by atoms with Gasteiger partial charge in [0.2, 0.25) is 0 Å². The summed E-state index contributed by atoms with van der Waals surface area (Å²) in [5.41, 5.74) is 0. The predicted molar refractivity (Wildman–Crippen MR) is 42.1 cm³/mol. The summed E-state index contributed by atoms with van der Waals surface area (Å²) in [7, 11) is 0. The molecule has 51 valence electrons. The standard InChI is InChI=1S/C9H15/c1-4-6-8-9(3)7-5-2/h1,4-5,7,9H,6,8H2,2-3H3. The average Bonchev–Trinajstić information content (AvgIpc) is 1.85. The van der Waals surface area contributed by atoms with Crippen molar-refractivity contribution in [2.45, 2.75) is 26.7 Å². The van der Waals surface area contributed by atoms with Crippen LogP contribution in [0.4, 0.5) is 0 Å². The molecule has 1 unspecified atom stereocenters. The molecule has 0 aliphatic heterocycles.